The van der Waals surface area contributed by atoms with Gasteiger partial charge in [0, 0.05) is 13.2 Å². The zero-order valence-electron chi connectivity index (χ0n) is 13.9. The first-order valence-corrected chi connectivity index (χ1v) is 7.98. The Balaban J connectivity index is 2.04. The predicted octanol–water partition coefficient (Wildman–Crippen LogP) is 3.38. The van der Waals surface area contributed by atoms with E-state index in [1.165, 1.54) is 12.1 Å². The van der Waals surface area contributed by atoms with E-state index in [9.17, 15) is 14.0 Å². The molecule has 0 aliphatic carbocycles. The molecule has 2 aromatic rings. The van der Waals surface area contributed by atoms with Gasteiger partial charge in [-0.05, 0) is 35.7 Å². The highest BCUT2D eigenvalue weighted by Crippen LogP contribution is 2.13. The molecule has 6 heteroatoms. The molecule has 0 atom stereocenters. The van der Waals surface area contributed by atoms with Crippen molar-refractivity contribution in [3.05, 3.63) is 70.5 Å². The number of carbonyl (C=O) groups excluding carboxylic acids is 1. The number of carbonyl (C=O) groups is 2. The summed E-state index contributed by atoms with van der Waals surface area (Å²) in [5.41, 5.74) is 1.45. The van der Waals surface area contributed by atoms with Gasteiger partial charge in [-0.25, -0.2) is 9.18 Å². The molecule has 0 aromatic heterocycles. The molecule has 2 N–H and O–H groups in total. The predicted molar refractivity (Wildman–Crippen MR) is 90.9 cm³/mol. The number of carboxylic acid groups (broad SMARTS) is 1. The Labute approximate surface area is 145 Å². The molecule has 5 nitrogen and oxygen atoms in total. The van der Waals surface area contributed by atoms with E-state index in [1.807, 2.05) is 31.2 Å². The van der Waals surface area contributed by atoms with E-state index in [0.29, 0.717) is 13.2 Å². The highest BCUT2D eigenvalue weighted by molar-refractivity contribution is 5.96. The van der Waals surface area contributed by atoms with Gasteiger partial charge in [-0.3, -0.25) is 4.79 Å². The number of aromatic carboxylic acids is 1. The number of benzene rings is 2. The van der Waals surface area contributed by atoms with E-state index in [0.717, 1.165) is 23.6 Å². The SMILES string of the molecule is CCCOCc1ccccc1CNC(=O)c1ccc(C(=O)O)cc1F. The molecule has 0 bridgehead atoms. The van der Waals surface area contributed by atoms with Crippen molar-refractivity contribution < 1.29 is 23.8 Å². The third kappa shape index (κ3) is 5.12. The molecular formula is C19H20FNO4. The molecule has 0 aliphatic rings. The number of rotatable bonds is 8. The molecule has 2 rings (SSSR count). The molecule has 0 saturated carbocycles. The van der Waals surface area contributed by atoms with Crippen LogP contribution in [0.5, 0.6) is 0 Å². The lowest BCUT2D eigenvalue weighted by Crippen LogP contribution is -2.24. The lowest BCUT2D eigenvalue weighted by molar-refractivity contribution is 0.0695. The minimum absolute atomic E-state index is 0.190. The van der Waals surface area contributed by atoms with E-state index < -0.39 is 17.7 Å². The topological polar surface area (TPSA) is 75.6 Å². The van der Waals surface area contributed by atoms with Gasteiger partial charge in [0.2, 0.25) is 0 Å². The zero-order valence-corrected chi connectivity index (χ0v) is 13.9. The molecule has 0 spiro atoms. The number of ether oxygens (including phenoxy) is 1. The summed E-state index contributed by atoms with van der Waals surface area (Å²) in [4.78, 5) is 23.0. The second-order valence-electron chi connectivity index (χ2n) is 5.50. The van der Waals surface area contributed by atoms with Crippen molar-refractivity contribution in [1.29, 1.82) is 0 Å². The summed E-state index contributed by atoms with van der Waals surface area (Å²) in [6.45, 7) is 3.35. The molecule has 0 unspecified atom stereocenters. The van der Waals surface area contributed by atoms with Gasteiger partial charge in [0.05, 0.1) is 17.7 Å². The van der Waals surface area contributed by atoms with Gasteiger partial charge in [0.15, 0.2) is 0 Å². The highest BCUT2D eigenvalue weighted by Gasteiger charge is 2.14. The summed E-state index contributed by atoms with van der Waals surface area (Å²) in [6.07, 6.45) is 0.921. The zero-order chi connectivity index (χ0) is 18.2. The standard InChI is InChI=1S/C19H20FNO4/c1-2-9-25-12-15-6-4-3-5-14(15)11-21-18(22)16-8-7-13(19(23)24)10-17(16)20/h3-8,10H,2,9,11-12H2,1H3,(H,21,22)(H,23,24). The van der Waals surface area contributed by atoms with E-state index in [2.05, 4.69) is 5.32 Å². The first kappa shape index (κ1) is 18.6. The maximum absolute atomic E-state index is 13.9. The maximum atomic E-state index is 13.9. The largest absolute Gasteiger partial charge is 0.478 e. The molecular weight excluding hydrogens is 325 g/mol. The highest BCUT2D eigenvalue weighted by atomic mass is 19.1. The number of hydrogen-bond donors (Lipinski definition) is 2. The summed E-state index contributed by atoms with van der Waals surface area (Å²) < 4.78 is 19.5. The van der Waals surface area contributed by atoms with Crippen molar-refractivity contribution in [2.75, 3.05) is 6.61 Å². The fraction of sp³-hybridized carbons (Fsp3) is 0.263. The van der Waals surface area contributed by atoms with Crippen LogP contribution >= 0.6 is 0 Å². The van der Waals surface area contributed by atoms with Crippen LogP contribution in [0.4, 0.5) is 4.39 Å². The normalized spacial score (nSPS) is 10.5. The van der Waals surface area contributed by atoms with Gasteiger partial charge in [-0.1, -0.05) is 31.2 Å². The Morgan fingerprint density at radius 2 is 1.88 bits per heavy atom. The van der Waals surface area contributed by atoms with Crippen molar-refractivity contribution in [2.24, 2.45) is 0 Å². The fourth-order valence-electron chi connectivity index (χ4n) is 2.30. The monoisotopic (exact) mass is 345 g/mol. The Bertz CT molecular complexity index is 761. The first-order valence-electron chi connectivity index (χ1n) is 7.98. The van der Waals surface area contributed by atoms with E-state index in [4.69, 9.17) is 9.84 Å². The van der Waals surface area contributed by atoms with Gasteiger partial charge in [0.1, 0.15) is 5.82 Å². The van der Waals surface area contributed by atoms with Crippen LogP contribution in [0.3, 0.4) is 0 Å². The molecule has 0 radical (unpaired) electrons. The molecule has 25 heavy (non-hydrogen) atoms. The summed E-state index contributed by atoms with van der Waals surface area (Å²) in [6, 6.07) is 10.7. The van der Waals surface area contributed by atoms with Gasteiger partial charge in [-0.2, -0.15) is 0 Å². The van der Waals surface area contributed by atoms with Crippen LogP contribution in [0.1, 0.15) is 45.2 Å². The fourth-order valence-corrected chi connectivity index (χ4v) is 2.30. The average molecular weight is 345 g/mol. The molecule has 0 heterocycles. The van der Waals surface area contributed by atoms with Crippen molar-refractivity contribution in [3.63, 3.8) is 0 Å². The number of amides is 1. The van der Waals surface area contributed by atoms with Gasteiger partial charge >= 0.3 is 5.97 Å². The van der Waals surface area contributed by atoms with Gasteiger partial charge in [0.25, 0.3) is 5.91 Å². The Morgan fingerprint density at radius 3 is 2.52 bits per heavy atom. The van der Waals surface area contributed by atoms with Crippen molar-refractivity contribution in [1.82, 2.24) is 5.32 Å². The summed E-state index contributed by atoms with van der Waals surface area (Å²) in [5.74, 6) is -2.71. The minimum Gasteiger partial charge on any atom is -0.478 e. The lowest BCUT2D eigenvalue weighted by Gasteiger charge is -2.11. The average Bonchev–Trinajstić information content (AvgIpc) is 2.60. The summed E-state index contributed by atoms with van der Waals surface area (Å²) in [5, 5.41) is 11.5. The van der Waals surface area contributed by atoms with Crippen LogP contribution in [0.2, 0.25) is 0 Å². The Kier molecular flexibility index (Phi) is 6.65. The van der Waals surface area contributed by atoms with E-state index in [-0.39, 0.29) is 17.7 Å². The summed E-state index contributed by atoms with van der Waals surface area (Å²) in [7, 11) is 0. The lowest BCUT2D eigenvalue weighted by atomic mass is 10.1. The second kappa shape index (κ2) is 8.94. The number of nitrogens with one attached hydrogen (secondary N) is 1. The quantitative estimate of drug-likeness (QED) is 0.719. The third-order valence-electron chi connectivity index (χ3n) is 3.62. The van der Waals surface area contributed by atoms with Crippen molar-refractivity contribution in [2.45, 2.75) is 26.5 Å². The van der Waals surface area contributed by atoms with Crippen LogP contribution in [-0.4, -0.2) is 23.6 Å². The molecule has 2 aromatic carbocycles. The smallest absolute Gasteiger partial charge is 0.335 e. The van der Waals surface area contributed by atoms with Crippen LogP contribution in [0.15, 0.2) is 42.5 Å². The second-order valence-corrected chi connectivity index (χ2v) is 5.50. The van der Waals surface area contributed by atoms with Crippen LogP contribution in [0, 0.1) is 5.82 Å². The molecule has 1 amide bonds. The number of hydrogen-bond acceptors (Lipinski definition) is 3. The Hall–Kier alpha value is -2.73. The van der Waals surface area contributed by atoms with Crippen LogP contribution in [-0.2, 0) is 17.9 Å². The maximum Gasteiger partial charge on any atom is 0.335 e. The van der Waals surface area contributed by atoms with Gasteiger partial charge < -0.3 is 15.2 Å². The van der Waals surface area contributed by atoms with Crippen LogP contribution < -0.4 is 5.32 Å². The van der Waals surface area contributed by atoms with E-state index in [1.54, 1.807) is 0 Å². The van der Waals surface area contributed by atoms with Crippen LogP contribution in [0.25, 0.3) is 0 Å². The van der Waals surface area contributed by atoms with Crippen molar-refractivity contribution in [3.8, 4) is 0 Å². The Morgan fingerprint density at radius 1 is 1.16 bits per heavy atom. The number of carboxylic acids is 1. The molecule has 0 fully saturated rings. The third-order valence-corrected chi connectivity index (χ3v) is 3.62. The first-order chi connectivity index (χ1) is 12.0. The van der Waals surface area contributed by atoms with Crippen molar-refractivity contribution >= 4 is 11.9 Å². The molecule has 132 valence electrons. The summed E-state index contributed by atoms with van der Waals surface area (Å²) >= 11 is 0. The molecule has 0 saturated heterocycles. The number of halogens is 1. The molecule has 0 aliphatic heterocycles. The van der Waals surface area contributed by atoms with Gasteiger partial charge in [-0.15, -0.1) is 0 Å². The van der Waals surface area contributed by atoms with E-state index >= 15 is 0 Å². The minimum atomic E-state index is -1.24.